The molecule has 0 amide bonds. The summed E-state index contributed by atoms with van der Waals surface area (Å²) in [6.07, 6.45) is 2.00. The first-order valence-corrected chi connectivity index (χ1v) is 12.0. The Kier molecular flexibility index (Phi) is 7.52. The van der Waals surface area contributed by atoms with E-state index in [9.17, 15) is 14.4 Å². The molecule has 0 spiro atoms. The molecule has 1 aliphatic carbocycles. The van der Waals surface area contributed by atoms with Crippen LogP contribution in [-0.2, 0) is 23.9 Å². The van der Waals surface area contributed by atoms with Crippen molar-refractivity contribution >= 4 is 17.7 Å². The number of carbonyl (C=O) groups excluding carboxylic acids is 3. The molecule has 1 N–H and O–H groups in total. The molecule has 0 radical (unpaired) electrons. The van der Waals surface area contributed by atoms with E-state index in [-0.39, 0.29) is 19.0 Å². The highest BCUT2D eigenvalue weighted by molar-refractivity contribution is 6.13. The van der Waals surface area contributed by atoms with Gasteiger partial charge in [0, 0.05) is 29.1 Å². The number of nitrogens with one attached hydrogen (secondary N) is 1. The van der Waals surface area contributed by atoms with Gasteiger partial charge in [0.25, 0.3) is 0 Å². The summed E-state index contributed by atoms with van der Waals surface area (Å²) < 4.78 is 16.0. The third-order valence-electron chi connectivity index (χ3n) is 6.58. The quantitative estimate of drug-likeness (QED) is 0.462. The lowest BCUT2D eigenvalue weighted by Crippen LogP contribution is -2.43. The van der Waals surface area contributed by atoms with Crippen molar-refractivity contribution in [2.75, 3.05) is 20.3 Å². The van der Waals surface area contributed by atoms with E-state index in [1.165, 1.54) is 0 Å². The molecule has 8 nitrogen and oxygen atoms in total. The summed E-state index contributed by atoms with van der Waals surface area (Å²) in [4.78, 5) is 44.9. The van der Waals surface area contributed by atoms with E-state index in [4.69, 9.17) is 14.2 Å². The molecule has 8 heteroatoms. The number of ketones is 1. The largest absolute Gasteiger partial charge is 0.497 e. The van der Waals surface area contributed by atoms with E-state index < -0.39 is 29.7 Å². The van der Waals surface area contributed by atoms with Crippen LogP contribution in [0.25, 0.3) is 0 Å². The Labute approximate surface area is 210 Å². The van der Waals surface area contributed by atoms with Crippen molar-refractivity contribution < 1.29 is 28.6 Å². The van der Waals surface area contributed by atoms with E-state index in [0.29, 0.717) is 40.4 Å². The Hall–Kier alpha value is -3.94. The number of carbonyl (C=O) groups is 3. The van der Waals surface area contributed by atoms with E-state index in [2.05, 4.69) is 10.3 Å². The van der Waals surface area contributed by atoms with E-state index >= 15 is 0 Å². The molecule has 1 aromatic carbocycles. The van der Waals surface area contributed by atoms with Gasteiger partial charge in [-0.15, -0.1) is 0 Å². The van der Waals surface area contributed by atoms with Crippen LogP contribution in [0.2, 0.25) is 0 Å². The first-order valence-electron chi connectivity index (χ1n) is 12.0. The fourth-order valence-electron chi connectivity index (χ4n) is 5.02. The number of pyridine rings is 1. The number of benzene rings is 1. The van der Waals surface area contributed by atoms with Gasteiger partial charge in [-0.05, 0) is 57.0 Å². The summed E-state index contributed by atoms with van der Waals surface area (Å²) >= 11 is 0. The Bertz CT molecular complexity index is 1220. The summed E-state index contributed by atoms with van der Waals surface area (Å²) in [5, 5.41) is 3.28. The van der Waals surface area contributed by atoms with Gasteiger partial charge in [0.15, 0.2) is 5.78 Å². The predicted molar refractivity (Wildman–Crippen MR) is 132 cm³/mol. The number of nitrogens with zero attached hydrogens (tertiary/aromatic N) is 1. The van der Waals surface area contributed by atoms with Crippen molar-refractivity contribution in [3.05, 3.63) is 82.5 Å². The average Bonchev–Trinajstić information content (AvgIpc) is 2.88. The van der Waals surface area contributed by atoms with Crippen LogP contribution in [0, 0.1) is 5.92 Å². The number of hydrogen-bond acceptors (Lipinski definition) is 8. The van der Waals surface area contributed by atoms with Gasteiger partial charge in [-0.1, -0.05) is 18.2 Å². The lowest BCUT2D eigenvalue weighted by molar-refractivity contribution is -0.152. The Morgan fingerprint density at radius 2 is 1.78 bits per heavy atom. The van der Waals surface area contributed by atoms with Crippen molar-refractivity contribution in [3.63, 3.8) is 0 Å². The lowest BCUT2D eigenvalue weighted by atomic mass is 9.67. The van der Waals surface area contributed by atoms with Gasteiger partial charge in [-0.2, -0.15) is 0 Å². The third-order valence-corrected chi connectivity index (χ3v) is 6.58. The maximum Gasteiger partial charge on any atom is 0.336 e. The highest BCUT2D eigenvalue weighted by atomic mass is 16.5. The zero-order valence-corrected chi connectivity index (χ0v) is 20.9. The maximum atomic E-state index is 14.2. The predicted octanol–water partition coefficient (Wildman–Crippen LogP) is 3.80. The summed E-state index contributed by atoms with van der Waals surface area (Å²) in [6.45, 7) is 5.57. The first kappa shape index (κ1) is 25.2. The third kappa shape index (κ3) is 4.63. The van der Waals surface area contributed by atoms with E-state index in [1.807, 2.05) is 12.1 Å². The summed E-state index contributed by atoms with van der Waals surface area (Å²) in [5.74, 6) is -3.09. The van der Waals surface area contributed by atoms with Crippen LogP contribution >= 0.6 is 0 Å². The second-order valence-electron chi connectivity index (χ2n) is 8.64. The molecule has 188 valence electrons. The number of rotatable bonds is 7. The van der Waals surface area contributed by atoms with E-state index in [0.717, 1.165) is 5.56 Å². The summed E-state index contributed by atoms with van der Waals surface area (Å²) in [6, 6.07) is 12.7. The van der Waals surface area contributed by atoms with Gasteiger partial charge in [0.1, 0.15) is 11.7 Å². The molecule has 1 aromatic heterocycles. The number of esters is 2. The topological polar surface area (TPSA) is 104 Å². The molecule has 4 rings (SSSR count). The van der Waals surface area contributed by atoms with Gasteiger partial charge in [-0.3, -0.25) is 14.6 Å². The molecule has 0 saturated carbocycles. The van der Waals surface area contributed by atoms with Gasteiger partial charge in [-0.25, -0.2) is 4.79 Å². The smallest absolute Gasteiger partial charge is 0.336 e. The number of allylic oxidation sites excluding steroid dienone is 3. The van der Waals surface area contributed by atoms with Gasteiger partial charge < -0.3 is 19.5 Å². The van der Waals surface area contributed by atoms with Crippen LogP contribution in [0.15, 0.2) is 71.2 Å². The second kappa shape index (κ2) is 10.8. The number of hydrogen-bond donors (Lipinski definition) is 1. The highest BCUT2D eigenvalue weighted by Crippen LogP contribution is 2.47. The van der Waals surface area contributed by atoms with Gasteiger partial charge in [0.05, 0.1) is 37.5 Å². The molecule has 2 aliphatic rings. The minimum atomic E-state index is -1.06. The summed E-state index contributed by atoms with van der Waals surface area (Å²) in [7, 11) is 1.58. The standard InChI is InChI=1S/C28H30N2O6/c1-5-35-27(32)22-16(3)30-21-15-19(17-10-12-18(34-4)13-11-17)23(28(33)36-6-2)26(31)25(21)24(22)20-9-7-8-14-29-20/h7-14,19,23-24,30H,5-6,15H2,1-4H3/t19-,23-,24+/m0/s1. The van der Waals surface area contributed by atoms with Crippen molar-refractivity contribution in [2.24, 2.45) is 5.92 Å². The zero-order chi connectivity index (χ0) is 25.8. The molecule has 0 saturated heterocycles. The molecule has 2 heterocycles. The second-order valence-corrected chi connectivity index (χ2v) is 8.64. The molecular formula is C28H30N2O6. The Morgan fingerprint density at radius 1 is 1.06 bits per heavy atom. The zero-order valence-electron chi connectivity index (χ0n) is 20.9. The molecule has 0 fully saturated rings. The van der Waals surface area contributed by atoms with Crippen molar-refractivity contribution in [3.8, 4) is 5.75 Å². The number of dihydropyridines is 1. The monoisotopic (exact) mass is 490 g/mol. The summed E-state index contributed by atoms with van der Waals surface area (Å²) in [5.41, 5.74) is 3.29. The Balaban J connectivity index is 1.87. The van der Waals surface area contributed by atoms with Crippen LogP contribution in [-0.4, -0.2) is 43.0 Å². The Morgan fingerprint density at radius 3 is 2.39 bits per heavy atom. The van der Waals surface area contributed by atoms with Crippen LogP contribution < -0.4 is 10.1 Å². The highest BCUT2D eigenvalue weighted by Gasteiger charge is 2.49. The van der Waals surface area contributed by atoms with Crippen LogP contribution in [0.1, 0.15) is 50.3 Å². The fourth-order valence-corrected chi connectivity index (χ4v) is 5.02. The fraction of sp³-hybridized carbons (Fsp3) is 0.357. The average molecular weight is 491 g/mol. The minimum Gasteiger partial charge on any atom is -0.497 e. The molecular weight excluding hydrogens is 460 g/mol. The number of Topliss-reactive ketones (excluding diaryl/α,β-unsaturated/α-hetero) is 1. The van der Waals surface area contributed by atoms with E-state index in [1.54, 1.807) is 64.4 Å². The number of ether oxygens (including phenoxy) is 3. The normalized spacial score (nSPS) is 21.4. The maximum absolute atomic E-state index is 14.2. The van der Waals surface area contributed by atoms with Gasteiger partial charge >= 0.3 is 11.9 Å². The molecule has 1 aliphatic heterocycles. The lowest BCUT2D eigenvalue weighted by Gasteiger charge is -2.39. The molecule has 0 bridgehead atoms. The van der Waals surface area contributed by atoms with Gasteiger partial charge in [0.2, 0.25) is 0 Å². The molecule has 0 unspecified atom stereocenters. The van der Waals surface area contributed by atoms with Crippen LogP contribution in [0.3, 0.4) is 0 Å². The molecule has 2 aromatic rings. The molecule has 3 atom stereocenters. The SMILES string of the molecule is CCOC(=O)C1=C(C)NC2=C(C(=O)[C@@H](C(=O)OCC)[C@H](c3ccc(OC)cc3)C2)[C@@H]1c1ccccn1. The first-order chi connectivity index (χ1) is 17.4. The number of methoxy groups -OCH3 is 1. The van der Waals surface area contributed by atoms with Crippen molar-refractivity contribution in [1.82, 2.24) is 10.3 Å². The van der Waals surface area contributed by atoms with Crippen LogP contribution in [0.4, 0.5) is 0 Å². The van der Waals surface area contributed by atoms with Crippen molar-refractivity contribution in [1.29, 1.82) is 0 Å². The number of aromatic nitrogens is 1. The minimum absolute atomic E-state index is 0.152. The molecule has 36 heavy (non-hydrogen) atoms. The van der Waals surface area contributed by atoms with Crippen LogP contribution in [0.5, 0.6) is 5.75 Å². The van der Waals surface area contributed by atoms with Crippen molar-refractivity contribution in [2.45, 2.75) is 39.0 Å².